The van der Waals surface area contributed by atoms with E-state index in [0.717, 1.165) is 12.0 Å². The number of hydrogen-bond donors (Lipinski definition) is 0. The number of hydrogen-bond acceptors (Lipinski definition) is 1. The van der Waals surface area contributed by atoms with Crippen LogP contribution in [0.15, 0.2) is 48.1 Å². The molecule has 0 saturated heterocycles. The molecule has 1 unspecified atom stereocenters. The summed E-state index contributed by atoms with van der Waals surface area (Å²) < 4.78 is 0. The van der Waals surface area contributed by atoms with Crippen molar-refractivity contribution in [3.05, 3.63) is 48.1 Å². The van der Waals surface area contributed by atoms with E-state index in [1.54, 1.807) is 0 Å². The minimum absolute atomic E-state index is 0.321. The molecule has 0 fully saturated rings. The maximum absolute atomic E-state index is 12.1. The third kappa shape index (κ3) is 4.05. The van der Waals surface area contributed by atoms with Crippen molar-refractivity contribution >= 4 is 5.78 Å². The molecule has 0 aromatic carbocycles. The zero-order valence-electron chi connectivity index (χ0n) is 11.8. The molecule has 0 bridgehead atoms. The summed E-state index contributed by atoms with van der Waals surface area (Å²) in [6, 6.07) is 0. The van der Waals surface area contributed by atoms with Crippen molar-refractivity contribution in [3.63, 3.8) is 0 Å². The highest BCUT2D eigenvalue weighted by Gasteiger charge is 2.20. The Kier molecular flexibility index (Phi) is 5.38. The van der Waals surface area contributed by atoms with Crippen molar-refractivity contribution < 1.29 is 4.79 Å². The van der Waals surface area contributed by atoms with E-state index in [0.29, 0.717) is 24.0 Å². The van der Waals surface area contributed by atoms with Gasteiger partial charge in [-0.05, 0) is 6.42 Å². The summed E-state index contributed by atoms with van der Waals surface area (Å²) in [5.41, 5.74) is 0.925. The zero-order chi connectivity index (χ0) is 13.5. The van der Waals surface area contributed by atoms with E-state index < -0.39 is 0 Å². The minimum Gasteiger partial charge on any atom is -0.294 e. The topological polar surface area (TPSA) is 17.1 Å². The molecule has 0 saturated carbocycles. The van der Waals surface area contributed by atoms with Crippen LogP contribution in [0.1, 0.15) is 45.4 Å². The van der Waals surface area contributed by atoms with E-state index in [-0.39, 0.29) is 0 Å². The summed E-state index contributed by atoms with van der Waals surface area (Å²) in [5, 5.41) is 0. The average Bonchev–Trinajstić information content (AvgIpc) is 3.08. The van der Waals surface area contributed by atoms with E-state index in [9.17, 15) is 4.79 Å². The van der Waals surface area contributed by atoms with Crippen molar-refractivity contribution in [2.24, 2.45) is 11.8 Å². The largest absolute Gasteiger partial charge is 0.294 e. The van der Waals surface area contributed by atoms with Gasteiger partial charge in [0.1, 0.15) is 0 Å². The summed E-state index contributed by atoms with van der Waals surface area (Å²) in [7, 11) is 0. The number of unbranched alkanes of at least 4 members (excludes halogenated alkanes) is 4. The molecule has 0 radical (unpaired) electrons. The first-order valence-corrected chi connectivity index (χ1v) is 7.59. The molecule has 0 spiro atoms. The molecule has 1 nitrogen and oxygen atoms in total. The molecule has 2 aliphatic rings. The Hall–Kier alpha value is -1.37. The van der Waals surface area contributed by atoms with Crippen molar-refractivity contribution in [2.45, 2.75) is 45.4 Å². The summed E-state index contributed by atoms with van der Waals surface area (Å²) in [5.74, 6) is 1.15. The third-order valence-electron chi connectivity index (χ3n) is 3.92. The summed E-state index contributed by atoms with van der Waals surface area (Å²) in [6.45, 7) is 2.21. The van der Waals surface area contributed by atoms with Crippen LogP contribution >= 0.6 is 0 Å². The van der Waals surface area contributed by atoms with Gasteiger partial charge in [-0.15, -0.1) is 0 Å². The van der Waals surface area contributed by atoms with Gasteiger partial charge in [0.15, 0.2) is 5.78 Å². The maximum atomic E-state index is 12.1. The van der Waals surface area contributed by atoms with Gasteiger partial charge in [-0.2, -0.15) is 0 Å². The second-order valence-electron chi connectivity index (χ2n) is 5.49. The van der Waals surface area contributed by atoms with Crippen LogP contribution in [0.25, 0.3) is 0 Å². The van der Waals surface area contributed by atoms with E-state index in [4.69, 9.17) is 0 Å². The molecular formula is C18H24O. The first-order chi connectivity index (χ1) is 9.31. The van der Waals surface area contributed by atoms with Gasteiger partial charge >= 0.3 is 0 Å². The van der Waals surface area contributed by atoms with Gasteiger partial charge in [-0.1, -0.05) is 75.1 Å². The molecule has 0 aromatic rings. The normalized spacial score (nSPS) is 21.3. The lowest BCUT2D eigenvalue weighted by Gasteiger charge is -2.09. The standard InChI is InChI=1S/C18H24O/c1-2-3-4-5-6-11-18(19)17-13-12-16(14-17)15-9-7-8-10-15/h7-10,12-16H,2-6,11H2,1H3. The minimum atomic E-state index is 0.321. The number of carbonyl (C=O) groups excluding carboxylic acids is 1. The summed E-state index contributed by atoms with van der Waals surface area (Å²) in [4.78, 5) is 12.1. The van der Waals surface area contributed by atoms with Gasteiger partial charge in [0.2, 0.25) is 0 Å². The SMILES string of the molecule is CCCCCCCC(=O)C1=CC(C2C=CC=C2)C=C1. The fourth-order valence-electron chi connectivity index (χ4n) is 2.70. The fourth-order valence-corrected chi connectivity index (χ4v) is 2.70. The summed E-state index contributed by atoms with van der Waals surface area (Å²) >= 11 is 0. The molecule has 0 amide bonds. The average molecular weight is 256 g/mol. The molecule has 19 heavy (non-hydrogen) atoms. The zero-order valence-corrected chi connectivity index (χ0v) is 11.8. The van der Waals surface area contributed by atoms with Gasteiger partial charge in [0, 0.05) is 23.8 Å². The molecule has 0 aliphatic heterocycles. The highest BCUT2D eigenvalue weighted by molar-refractivity contribution is 5.98. The van der Waals surface area contributed by atoms with E-state index in [2.05, 4.69) is 43.4 Å². The molecular weight excluding hydrogens is 232 g/mol. The highest BCUT2D eigenvalue weighted by Crippen LogP contribution is 2.28. The number of Topliss-reactive ketones (excluding diaryl/α,β-unsaturated/α-hetero) is 1. The quantitative estimate of drug-likeness (QED) is 0.572. The molecule has 1 atom stereocenters. The Bertz CT molecular complexity index is 411. The Morgan fingerprint density at radius 1 is 1.00 bits per heavy atom. The molecule has 0 N–H and O–H groups in total. The predicted octanol–water partition coefficient (Wildman–Crippen LogP) is 4.77. The van der Waals surface area contributed by atoms with Crippen molar-refractivity contribution in [2.75, 3.05) is 0 Å². The molecule has 2 rings (SSSR count). The van der Waals surface area contributed by atoms with Gasteiger partial charge in [0.05, 0.1) is 0 Å². The van der Waals surface area contributed by atoms with Crippen LogP contribution in [0.2, 0.25) is 0 Å². The van der Waals surface area contributed by atoms with Crippen LogP contribution in [0, 0.1) is 11.8 Å². The van der Waals surface area contributed by atoms with Crippen LogP contribution in [-0.4, -0.2) is 5.78 Å². The van der Waals surface area contributed by atoms with Gasteiger partial charge in [-0.3, -0.25) is 4.79 Å². The van der Waals surface area contributed by atoms with Crippen molar-refractivity contribution in [1.29, 1.82) is 0 Å². The molecule has 0 heterocycles. The van der Waals surface area contributed by atoms with Crippen LogP contribution < -0.4 is 0 Å². The third-order valence-corrected chi connectivity index (χ3v) is 3.92. The Morgan fingerprint density at radius 3 is 2.47 bits per heavy atom. The van der Waals surface area contributed by atoms with Crippen LogP contribution in [-0.2, 0) is 4.79 Å². The maximum Gasteiger partial charge on any atom is 0.162 e. The van der Waals surface area contributed by atoms with Gasteiger partial charge in [0.25, 0.3) is 0 Å². The molecule has 1 heteroatoms. The van der Waals surface area contributed by atoms with E-state index >= 15 is 0 Å². The lowest BCUT2D eigenvalue weighted by atomic mass is 9.94. The lowest BCUT2D eigenvalue weighted by molar-refractivity contribution is -0.115. The van der Waals surface area contributed by atoms with Crippen LogP contribution in [0.3, 0.4) is 0 Å². The number of carbonyl (C=O) groups is 1. The molecule has 0 aromatic heterocycles. The van der Waals surface area contributed by atoms with E-state index in [1.807, 2.05) is 6.08 Å². The molecule has 102 valence electrons. The number of rotatable bonds is 8. The second-order valence-corrected chi connectivity index (χ2v) is 5.49. The second kappa shape index (κ2) is 7.28. The van der Waals surface area contributed by atoms with Crippen molar-refractivity contribution in [3.8, 4) is 0 Å². The number of ketones is 1. The van der Waals surface area contributed by atoms with E-state index in [1.165, 1.54) is 25.7 Å². The van der Waals surface area contributed by atoms with Crippen LogP contribution in [0.4, 0.5) is 0 Å². The monoisotopic (exact) mass is 256 g/mol. The van der Waals surface area contributed by atoms with Gasteiger partial charge in [-0.25, -0.2) is 0 Å². The fraction of sp³-hybridized carbons (Fsp3) is 0.500. The Labute approximate surface area is 116 Å². The van der Waals surface area contributed by atoms with Gasteiger partial charge < -0.3 is 0 Å². The van der Waals surface area contributed by atoms with Crippen molar-refractivity contribution in [1.82, 2.24) is 0 Å². The highest BCUT2D eigenvalue weighted by atomic mass is 16.1. The number of allylic oxidation sites excluding steroid dienone is 8. The Balaban J connectivity index is 1.74. The molecule has 2 aliphatic carbocycles. The lowest BCUT2D eigenvalue weighted by Crippen LogP contribution is -2.03. The summed E-state index contributed by atoms with van der Waals surface area (Å²) in [6.07, 6.45) is 21.6. The first-order valence-electron chi connectivity index (χ1n) is 7.59. The predicted molar refractivity (Wildman–Crippen MR) is 80.9 cm³/mol. The Morgan fingerprint density at radius 2 is 1.74 bits per heavy atom. The smallest absolute Gasteiger partial charge is 0.162 e. The first kappa shape index (κ1) is 14.0. The van der Waals surface area contributed by atoms with Crippen LogP contribution in [0.5, 0.6) is 0 Å².